The summed E-state index contributed by atoms with van der Waals surface area (Å²) in [7, 11) is -4.12. The number of halogens is 2. The lowest BCUT2D eigenvalue weighted by Crippen LogP contribution is -2.52. The Morgan fingerprint density at radius 2 is 1.79 bits per heavy atom. The van der Waals surface area contributed by atoms with Crippen LogP contribution in [0.5, 0.6) is 0 Å². The average Bonchev–Trinajstić information content (AvgIpc) is 2.52. The highest BCUT2D eigenvalue weighted by Crippen LogP contribution is 2.21. The van der Waals surface area contributed by atoms with E-state index < -0.39 is 38.5 Å². The summed E-state index contributed by atoms with van der Waals surface area (Å²) >= 11 is 0. The van der Waals surface area contributed by atoms with Crippen LogP contribution in [0.1, 0.15) is 0 Å². The van der Waals surface area contributed by atoms with Gasteiger partial charge in [0, 0.05) is 32.2 Å². The number of hydrogen-bond donors (Lipinski definition) is 2. The average molecular weight is 362 g/mol. The molecule has 0 unspecified atom stereocenters. The van der Waals surface area contributed by atoms with Gasteiger partial charge in [-0.3, -0.25) is 4.79 Å². The van der Waals surface area contributed by atoms with Crippen molar-refractivity contribution in [1.82, 2.24) is 14.5 Å². The Balaban J connectivity index is 2.03. The number of piperazine rings is 1. The van der Waals surface area contributed by atoms with Crippen LogP contribution in [0, 0.1) is 11.6 Å². The molecule has 11 heteroatoms. The maximum atomic E-state index is 13.7. The Morgan fingerprint density at radius 1 is 1.17 bits per heavy atom. The van der Waals surface area contributed by atoms with Gasteiger partial charge in [0.2, 0.25) is 15.9 Å². The van der Waals surface area contributed by atoms with Gasteiger partial charge in [-0.05, 0) is 12.1 Å². The van der Waals surface area contributed by atoms with Crippen LogP contribution < -0.4 is 11.1 Å². The minimum Gasteiger partial charge on any atom is -0.352 e. The number of nitrogens with two attached hydrogens (primary N) is 1. The summed E-state index contributed by atoms with van der Waals surface area (Å²) in [6.07, 6.45) is 0. The van der Waals surface area contributed by atoms with E-state index in [1.54, 1.807) is 0 Å². The predicted molar refractivity (Wildman–Crippen MR) is 79.3 cm³/mol. The molecule has 0 aromatic heterocycles. The quantitative estimate of drug-likeness (QED) is 0.749. The third kappa shape index (κ3) is 3.97. The summed E-state index contributed by atoms with van der Waals surface area (Å²) in [5, 5.41) is 2.15. The summed E-state index contributed by atoms with van der Waals surface area (Å²) < 4.78 is 52.5. The third-order valence-corrected chi connectivity index (χ3v) is 5.45. The van der Waals surface area contributed by atoms with Crippen LogP contribution >= 0.6 is 0 Å². The minimum atomic E-state index is -4.12. The second-order valence-electron chi connectivity index (χ2n) is 5.08. The SMILES string of the molecule is NC(=O)NCC(=O)N1CCN(S(=O)(=O)c2ccc(F)cc2F)CC1. The topological polar surface area (TPSA) is 113 Å². The van der Waals surface area contributed by atoms with E-state index >= 15 is 0 Å². The van der Waals surface area contributed by atoms with E-state index in [1.165, 1.54) is 4.90 Å². The fraction of sp³-hybridized carbons (Fsp3) is 0.385. The number of carbonyl (C=O) groups excluding carboxylic acids is 2. The number of hydrogen-bond acceptors (Lipinski definition) is 4. The van der Waals surface area contributed by atoms with E-state index in [2.05, 4.69) is 5.32 Å². The first-order chi connectivity index (χ1) is 11.2. The van der Waals surface area contributed by atoms with Gasteiger partial charge in [-0.25, -0.2) is 22.0 Å². The molecule has 3 amide bonds. The van der Waals surface area contributed by atoms with Gasteiger partial charge in [-0.2, -0.15) is 4.31 Å². The van der Waals surface area contributed by atoms with Gasteiger partial charge in [0.25, 0.3) is 0 Å². The number of primary amides is 1. The molecule has 1 aliphatic rings. The van der Waals surface area contributed by atoms with Crippen molar-refractivity contribution in [2.75, 3.05) is 32.7 Å². The maximum Gasteiger partial charge on any atom is 0.312 e. The summed E-state index contributed by atoms with van der Waals surface area (Å²) in [5.74, 6) is -2.44. The smallest absolute Gasteiger partial charge is 0.312 e. The second kappa shape index (κ2) is 7.09. The molecular formula is C13H16F2N4O4S. The molecule has 0 spiro atoms. The zero-order valence-corrected chi connectivity index (χ0v) is 13.4. The van der Waals surface area contributed by atoms with Crippen molar-refractivity contribution in [1.29, 1.82) is 0 Å². The first-order valence-electron chi connectivity index (χ1n) is 6.98. The van der Waals surface area contributed by atoms with E-state index in [9.17, 15) is 26.8 Å². The first-order valence-corrected chi connectivity index (χ1v) is 8.42. The molecule has 0 atom stereocenters. The Bertz CT molecular complexity index is 748. The van der Waals surface area contributed by atoms with E-state index in [0.717, 1.165) is 16.4 Å². The fourth-order valence-corrected chi connectivity index (χ4v) is 3.74. The van der Waals surface area contributed by atoms with Crippen molar-refractivity contribution in [2.45, 2.75) is 4.90 Å². The zero-order chi connectivity index (χ0) is 17.9. The molecule has 1 heterocycles. The van der Waals surface area contributed by atoms with Crippen LogP contribution in [0.25, 0.3) is 0 Å². The van der Waals surface area contributed by atoms with Gasteiger partial charge in [0.1, 0.15) is 16.5 Å². The summed E-state index contributed by atoms with van der Waals surface area (Å²) in [6, 6.07) is 1.40. The Hall–Kier alpha value is -2.27. The van der Waals surface area contributed by atoms with Crippen LogP contribution in [-0.2, 0) is 14.8 Å². The second-order valence-corrected chi connectivity index (χ2v) is 6.98. The van der Waals surface area contributed by atoms with Crippen molar-refractivity contribution in [3.05, 3.63) is 29.8 Å². The largest absolute Gasteiger partial charge is 0.352 e. The van der Waals surface area contributed by atoms with Crippen molar-refractivity contribution in [3.8, 4) is 0 Å². The first kappa shape index (κ1) is 18.1. The number of urea groups is 1. The van der Waals surface area contributed by atoms with Gasteiger partial charge in [-0.15, -0.1) is 0 Å². The number of rotatable bonds is 4. The third-order valence-electron chi connectivity index (χ3n) is 3.52. The molecule has 2 rings (SSSR count). The number of carbonyl (C=O) groups is 2. The maximum absolute atomic E-state index is 13.7. The van der Waals surface area contributed by atoms with Crippen LogP contribution in [0.15, 0.2) is 23.1 Å². The molecule has 3 N–H and O–H groups in total. The number of sulfonamides is 1. The van der Waals surface area contributed by atoms with E-state index in [0.29, 0.717) is 6.07 Å². The normalized spacial score (nSPS) is 16.0. The summed E-state index contributed by atoms with van der Waals surface area (Å²) in [5.41, 5.74) is 4.87. The lowest BCUT2D eigenvalue weighted by atomic mass is 10.3. The lowest BCUT2D eigenvalue weighted by Gasteiger charge is -2.34. The molecule has 0 aliphatic carbocycles. The highest BCUT2D eigenvalue weighted by Gasteiger charge is 2.32. The lowest BCUT2D eigenvalue weighted by molar-refractivity contribution is -0.131. The molecule has 8 nitrogen and oxygen atoms in total. The fourth-order valence-electron chi connectivity index (χ4n) is 2.28. The van der Waals surface area contributed by atoms with Crippen LogP contribution in [0.4, 0.5) is 13.6 Å². The summed E-state index contributed by atoms with van der Waals surface area (Å²) in [6.45, 7) is -0.194. The monoisotopic (exact) mass is 362 g/mol. The van der Waals surface area contributed by atoms with Gasteiger partial charge < -0.3 is 16.0 Å². The molecule has 24 heavy (non-hydrogen) atoms. The molecule has 1 aliphatic heterocycles. The molecule has 1 aromatic rings. The highest BCUT2D eigenvalue weighted by molar-refractivity contribution is 7.89. The minimum absolute atomic E-state index is 0.0402. The standard InChI is InChI=1S/C13H16F2N4O4S/c14-9-1-2-11(10(15)7-9)24(22,23)19-5-3-18(4-6-19)12(20)8-17-13(16)21/h1-2,7H,3-6,8H2,(H3,16,17,21). The van der Waals surface area contributed by atoms with Crippen molar-refractivity contribution in [3.63, 3.8) is 0 Å². The number of amides is 3. The zero-order valence-electron chi connectivity index (χ0n) is 12.5. The van der Waals surface area contributed by atoms with E-state index in [4.69, 9.17) is 5.73 Å². The molecule has 0 saturated carbocycles. The molecular weight excluding hydrogens is 346 g/mol. The number of nitrogens with one attached hydrogen (secondary N) is 1. The van der Waals surface area contributed by atoms with Gasteiger partial charge >= 0.3 is 6.03 Å². The van der Waals surface area contributed by atoms with Gasteiger partial charge in [0.15, 0.2) is 0 Å². The Labute approximate surface area is 137 Å². The van der Waals surface area contributed by atoms with Crippen molar-refractivity contribution < 1.29 is 26.8 Å². The van der Waals surface area contributed by atoms with Gasteiger partial charge in [0.05, 0.1) is 6.54 Å². The van der Waals surface area contributed by atoms with E-state index in [1.807, 2.05) is 0 Å². The molecule has 132 valence electrons. The van der Waals surface area contributed by atoms with Gasteiger partial charge in [-0.1, -0.05) is 0 Å². The van der Waals surface area contributed by atoms with Crippen molar-refractivity contribution >= 4 is 22.0 Å². The molecule has 0 bridgehead atoms. The molecule has 0 radical (unpaired) electrons. The Kier molecular flexibility index (Phi) is 5.34. The van der Waals surface area contributed by atoms with Crippen LogP contribution in [-0.4, -0.2) is 62.3 Å². The predicted octanol–water partition coefficient (Wildman–Crippen LogP) is -0.534. The molecule has 1 aromatic carbocycles. The van der Waals surface area contributed by atoms with Crippen molar-refractivity contribution in [2.24, 2.45) is 5.73 Å². The van der Waals surface area contributed by atoms with Crippen LogP contribution in [0.3, 0.4) is 0 Å². The van der Waals surface area contributed by atoms with E-state index in [-0.39, 0.29) is 32.7 Å². The Morgan fingerprint density at radius 3 is 2.33 bits per heavy atom. The number of benzene rings is 1. The molecule has 1 saturated heterocycles. The number of nitrogens with zero attached hydrogens (tertiary/aromatic N) is 2. The summed E-state index contributed by atoms with van der Waals surface area (Å²) in [4.78, 5) is 23.1. The highest BCUT2D eigenvalue weighted by atomic mass is 32.2. The van der Waals surface area contributed by atoms with Crippen LogP contribution in [0.2, 0.25) is 0 Å². The molecule has 1 fully saturated rings.